The Bertz CT molecular complexity index is 344. The van der Waals surface area contributed by atoms with E-state index in [9.17, 15) is 4.39 Å². The van der Waals surface area contributed by atoms with E-state index in [1.165, 1.54) is 25.0 Å². The number of nitrogen functional groups attached to an aromatic ring is 1. The molecule has 2 nitrogen and oxygen atoms in total. The lowest BCUT2D eigenvalue weighted by Gasteiger charge is -2.09. The van der Waals surface area contributed by atoms with Gasteiger partial charge in [-0.1, -0.05) is 26.2 Å². The molecule has 0 atom stereocenters. The van der Waals surface area contributed by atoms with Crippen molar-refractivity contribution in [2.75, 3.05) is 12.3 Å². The lowest BCUT2D eigenvalue weighted by atomic mass is 10.2. The van der Waals surface area contributed by atoms with Crippen molar-refractivity contribution in [2.24, 2.45) is 0 Å². The van der Waals surface area contributed by atoms with Gasteiger partial charge in [-0.3, -0.25) is 0 Å². The Morgan fingerprint density at radius 1 is 1.31 bits per heavy atom. The molecule has 0 unspecified atom stereocenters. The standard InChI is InChI=1S/C12H17BrFNO/c1-2-3-4-5-6-16-12-8-10(14)9(13)7-11(12)15/h7-8H,2-6,15H2,1H3. The van der Waals surface area contributed by atoms with Crippen LogP contribution < -0.4 is 10.5 Å². The van der Waals surface area contributed by atoms with Gasteiger partial charge >= 0.3 is 0 Å². The summed E-state index contributed by atoms with van der Waals surface area (Å²) < 4.78 is 19.0. The summed E-state index contributed by atoms with van der Waals surface area (Å²) in [7, 11) is 0. The largest absolute Gasteiger partial charge is 0.491 e. The normalized spacial score (nSPS) is 10.4. The second kappa shape index (κ2) is 6.74. The second-order valence-electron chi connectivity index (χ2n) is 3.71. The van der Waals surface area contributed by atoms with E-state index < -0.39 is 0 Å². The van der Waals surface area contributed by atoms with Crippen molar-refractivity contribution >= 4 is 21.6 Å². The monoisotopic (exact) mass is 289 g/mol. The fraction of sp³-hybridized carbons (Fsp3) is 0.500. The molecule has 0 spiro atoms. The zero-order valence-electron chi connectivity index (χ0n) is 9.43. The predicted molar refractivity (Wildman–Crippen MR) is 68.1 cm³/mol. The van der Waals surface area contributed by atoms with Crippen molar-refractivity contribution in [2.45, 2.75) is 32.6 Å². The molecule has 4 heteroatoms. The molecule has 1 rings (SSSR count). The Kier molecular flexibility index (Phi) is 5.60. The summed E-state index contributed by atoms with van der Waals surface area (Å²) in [5, 5.41) is 0. The Morgan fingerprint density at radius 2 is 2.06 bits per heavy atom. The van der Waals surface area contributed by atoms with E-state index in [1.54, 1.807) is 0 Å². The van der Waals surface area contributed by atoms with Gasteiger partial charge in [0.05, 0.1) is 16.8 Å². The third kappa shape index (κ3) is 4.00. The number of hydrogen-bond acceptors (Lipinski definition) is 2. The lowest BCUT2D eigenvalue weighted by molar-refractivity contribution is 0.305. The number of ether oxygens (including phenoxy) is 1. The third-order valence-corrected chi connectivity index (χ3v) is 2.92. The molecule has 0 amide bonds. The van der Waals surface area contributed by atoms with Crippen molar-refractivity contribution in [3.05, 3.63) is 22.4 Å². The SMILES string of the molecule is CCCCCCOc1cc(F)c(Br)cc1N. The number of hydrogen-bond donors (Lipinski definition) is 1. The van der Waals surface area contributed by atoms with Crippen LogP contribution >= 0.6 is 15.9 Å². The third-order valence-electron chi connectivity index (χ3n) is 2.31. The number of nitrogens with two attached hydrogens (primary N) is 1. The molecule has 0 saturated heterocycles. The quantitative estimate of drug-likeness (QED) is 0.631. The highest BCUT2D eigenvalue weighted by Crippen LogP contribution is 2.28. The molecule has 0 saturated carbocycles. The van der Waals surface area contributed by atoms with Crippen LogP contribution in [0, 0.1) is 5.82 Å². The van der Waals surface area contributed by atoms with Gasteiger partial charge in [0.25, 0.3) is 0 Å². The van der Waals surface area contributed by atoms with Gasteiger partial charge in [-0.25, -0.2) is 4.39 Å². The molecular weight excluding hydrogens is 273 g/mol. The van der Waals surface area contributed by atoms with Gasteiger partial charge in [0, 0.05) is 6.07 Å². The highest BCUT2D eigenvalue weighted by atomic mass is 79.9. The Morgan fingerprint density at radius 3 is 2.75 bits per heavy atom. The van der Waals surface area contributed by atoms with Gasteiger partial charge in [-0.2, -0.15) is 0 Å². The van der Waals surface area contributed by atoms with Crippen molar-refractivity contribution in [1.82, 2.24) is 0 Å². The summed E-state index contributed by atoms with van der Waals surface area (Å²) in [6, 6.07) is 2.84. The molecular formula is C12H17BrFNO. The maximum Gasteiger partial charge on any atom is 0.145 e. The fourth-order valence-electron chi connectivity index (χ4n) is 1.38. The van der Waals surface area contributed by atoms with E-state index in [0.29, 0.717) is 22.5 Å². The van der Waals surface area contributed by atoms with E-state index in [0.717, 1.165) is 12.8 Å². The molecule has 0 fully saturated rings. The topological polar surface area (TPSA) is 35.2 Å². The minimum Gasteiger partial charge on any atom is -0.491 e. The molecule has 0 aromatic heterocycles. The van der Waals surface area contributed by atoms with Crippen molar-refractivity contribution in [3.63, 3.8) is 0 Å². The minimum atomic E-state index is -0.349. The van der Waals surface area contributed by atoms with Crippen LogP contribution in [0.15, 0.2) is 16.6 Å². The van der Waals surface area contributed by atoms with E-state index in [4.69, 9.17) is 10.5 Å². The molecule has 2 N–H and O–H groups in total. The Balaban J connectivity index is 2.45. The number of rotatable bonds is 6. The van der Waals surface area contributed by atoms with Crippen molar-refractivity contribution in [3.8, 4) is 5.75 Å². The van der Waals surface area contributed by atoms with Crippen LogP contribution in [0.2, 0.25) is 0 Å². The van der Waals surface area contributed by atoms with E-state index in [1.807, 2.05) is 0 Å². The first-order chi connectivity index (χ1) is 7.65. The molecule has 0 bridgehead atoms. The van der Waals surface area contributed by atoms with E-state index >= 15 is 0 Å². The number of anilines is 1. The maximum absolute atomic E-state index is 13.2. The van der Waals surface area contributed by atoms with Crippen molar-refractivity contribution < 1.29 is 9.13 Å². The summed E-state index contributed by atoms with van der Waals surface area (Å²) in [4.78, 5) is 0. The summed E-state index contributed by atoms with van der Waals surface area (Å²) in [5.41, 5.74) is 6.17. The summed E-state index contributed by atoms with van der Waals surface area (Å²) in [6.07, 6.45) is 4.50. The van der Waals surface area contributed by atoms with E-state index in [-0.39, 0.29) is 5.82 Å². The molecule has 0 radical (unpaired) electrons. The van der Waals surface area contributed by atoms with Gasteiger partial charge in [0.15, 0.2) is 0 Å². The fourth-order valence-corrected chi connectivity index (χ4v) is 1.74. The van der Waals surface area contributed by atoms with Gasteiger partial charge < -0.3 is 10.5 Å². The van der Waals surface area contributed by atoms with Crippen LogP contribution in [0.4, 0.5) is 10.1 Å². The van der Waals surface area contributed by atoms with Crippen LogP contribution in [0.25, 0.3) is 0 Å². The average molecular weight is 290 g/mol. The number of halogens is 2. The molecule has 90 valence electrons. The summed E-state index contributed by atoms with van der Waals surface area (Å²) in [5.74, 6) is 0.0787. The molecule has 0 aliphatic rings. The number of benzene rings is 1. The zero-order chi connectivity index (χ0) is 12.0. The molecule has 0 aliphatic carbocycles. The number of unbranched alkanes of at least 4 members (excludes halogenated alkanes) is 3. The molecule has 0 aliphatic heterocycles. The first kappa shape index (κ1) is 13.3. The molecule has 0 heterocycles. The zero-order valence-corrected chi connectivity index (χ0v) is 11.0. The Hall–Kier alpha value is -0.770. The van der Waals surface area contributed by atoms with Gasteiger partial charge in [-0.15, -0.1) is 0 Å². The molecule has 16 heavy (non-hydrogen) atoms. The summed E-state index contributed by atoms with van der Waals surface area (Å²) in [6.45, 7) is 2.74. The maximum atomic E-state index is 13.2. The smallest absolute Gasteiger partial charge is 0.145 e. The van der Waals surface area contributed by atoms with Gasteiger partial charge in [0.1, 0.15) is 11.6 Å². The van der Waals surface area contributed by atoms with Crippen molar-refractivity contribution in [1.29, 1.82) is 0 Å². The van der Waals surface area contributed by atoms with Gasteiger partial charge in [-0.05, 0) is 28.4 Å². The van der Waals surface area contributed by atoms with Gasteiger partial charge in [0.2, 0.25) is 0 Å². The average Bonchev–Trinajstić information content (AvgIpc) is 2.25. The van der Waals surface area contributed by atoms with Crippen LogP contribution in [0.3, 0.4) is 0 Å². The predicted octanol–water partition coefficient (Wildman–Crippen LogP) is 4.13. The van der Waals surface area contributed by atoms with Crippen LogP contribution in [-0.2, 0) is 0 Å². The molecule has 1 aromatic rings. The van der Waals surface area contributed by atoms with E-state index in [2.05, 4.69) is 22.9 Å². The first-order valence-corrected chi connectivity index (χ1v) is 6.31. The minimum absolute atomic E-state index is 0.349. The second-order valence-corrected chi connectivity index (χ2v) is 4.57. The summed E-state index contributed by atoms with van der Waals surface area (Å²) >= 11 is 3.07. The first-order valence-electron chi connectivity index (χ1n) is 5.52. The highest BCUT2D eigenvalue weighted by molar-refractivity contribution is 9.10. The van der Waals surface area contributed by atoms with Crippen LogP contribution in [0.5, 0.6) is 5.75 Å². The Labute approximate surface area is 104 Å². The lowest BCUT2D eigenvalue weighted by Crippen LogP contribution is -2.01. The van der Waals surface area contributed by atoms with Crippen LogP contribution in [0.1, 0.15) is 32.6 Å². The highest BCUT2D eigenvalue weighted by Gasteiger charge is 2.06. The molecule has 1 aromatic carbocycles. The van der Waals surface area contributed by atoms with Crippen LogP contribution in [-0.4, -0.2) is 6.61 Å².